The first-order valence-corrected chi connectivity index (χ1v) is 6.48. The molecule has 0 saturated carbocycles. The maximum absolute atomic E-state index is 11.9. The van der Waals surface area contributed by atoms with Gasteiger partial charge in [-0.15, -0.1) is 0 Å². The maximum Gasteiger partial charge on any atom is 0.169 e. The summed E-state index contributed by atoms with van der Waals surface area (Å²) < 4.78 is 11.8. The van der Waals surface area contributed by atoms with Crippen LogP contribution in [0, 0.1) is 5.92 Å². The Hall–Kier alpha value is -1.19. The van der Waals surface area contributed by atoms with Crippen molar-refractivity contribution in [1.82, 2.24) is 0 Å². The van der Waals surface area contributed by atoms with Gasteiger partial charge in [-0.05, 0) is 12.5 Å². The number of ether oxygens (including phenoxy) is 2. The smallest absolute Gasteiger partial charge is 0.169 e. The van der Waals surface area contributed by atoms with Gasteiger partial charge in [0.15, 0.2) is 11.4 Å². The topological polar surface area (TPSA) is 35.5 Å². The highest BCUT2D eigenvalue weighted by molar-refractivity contribution is 5.91. The highest BCUT2D eigenvalue weighted by Crippen LogP contribution is 2.46. The van der Waals surface area contributed by atoms with Crippen molar-refractivity contribution in [1.29, 1.82) is 0 Å². The lowest BCUT2D eigenvalue weighted by molar-refractivity contribution is -0.141. The van der Waals surface area contributed by atoms with E-state index in [9.17, 15) is 4.79 Å². The Morgan fingerprint density at radius 3 is 2.78 bits per heavy atom. The molecule has 1 aromatic rings. The molecule has 0 amide bonds. The molecule has 2 fully saturated rings. The van der Waals surface area contributed by atoms with Crippen LogP contribution in [0.15, 0.2) is 30.3 Å². The number of rotatable bonds is 3. The quantitative estimate of drug-likeness (QED) is 0.821. The summed E-state index contributed by atoms with van der Waals surface area (Å²) in [5.74, 6) is 0.472. The third-order valence-electron chi connectivity index (χ3n) is 4.22. The highest BCUT2D eigenvalue weighted by Gasteiger charge is 2.61. The molecule has 4 atom stereocenters. The van der Waals surface area contributed by atoms with E-state index in [1.165, 1.54) is 0 Å². The Bertz CT molecular complexity index is 456. The molecule has 2 heterocycles. The standard InChI is InChI=1S/C15H18O3/c1-10-12-8-13(16)15(2,18-12)14(10)17-9-11-6-4-3-5-7-11/h3-7,10,12,14H,8-9H2,1-2H3/t10-,12+,14+,15-/m1/s1. The number of benzene rings is 1. The van der Waals surface area contributed by atoms with E-state index in [1.54, 1.807) is 0 Å². The molecule has 3 heteroatoms. The summed E-state index contributed by atoms with van der Waals surface area (Å²) in [6, 6.07) is 10.0. The molecular weight excluding hydrogens is 228 g/mol. The molecule has 0 spiro atoms. The number of ketones is 1. The zero-order valence-corrected chi connectivity index (χ0v) is 10.8. The number of hydrogen-bond donors (Lipinski definition) is 0. The van der Waals surface area contributed by atoms with Gasteiger partial charge in [0, 0.05) is 12.3 Å². The van der Waals surface area contributed by atoms with E-state index in [0.29, 0.717) is 13.0 Å². The monoisotopic (exact) mass is 246 g/mol. The van der Waals surface area contributed by atoms with Gasteiger partial charge in [0.2, 0.25) is 0 Å². The SMILES string of the molecule is C[C@@H]1[C@@H]2CC(=O)[C@@](C)(O2)[C@H]1OCc1ccccc1. The Balaban J connectivity index is 1.72. The molecule has 3 nitrogen and oxygen atoms in total. The highest BCUT2D eigenvalue weighted by atomic mass is 16.6. The van der Waals surface area contributed by atoms with Gasteiger partial charge in [-0.25, -0.2) is 0 Å². The molecule has 2 aliphatic rings. The van der Waals surface area contributed by atoms with E-state index in [4.69, 9.17) is 9.47 Å². The third-order valence-corrected chi connectivity index (χ3v) is 4.22. The molecule has 0 aromatic heterocycles. The zero-order valence-electron chi connectivity index (χ0n) is 10.8. The number of Topliss-reactive ketones (excluding diaryl/α,β-unsaturated/α-hetero) is 1. The number of carbonyl (C=O) groups is 1. The van der Waals surface area contributed by atoms with E-state index < -0.39 is 5.60 Å². The van der Waals surface area contributed by atoms with E-state index in [-0.39, 0.29) is 23.9 Å². The summed E-state index contributed by atoms with van der Waals surface area (Å²) in [4.78, 5) is 11.9. The summed E-state index contributed by atoms with van der Waals surface area (Å²) in [5, 5.41) is 0. The lowest BCUT2D eigenvalue weighted by Crippen LogP contribution is -2.47. The zero-order chi connectivity index (χ0) is 12.8. The minimum atomic E-state index is -0.723. The molecule has 2 aliphatic heterocycles. The average molecular weight is 246 g/mol. The fraction of sp³-hybridized carbons (Fsp3) is 0.533. The molecular formula is C15H18O3. The van der Waals surface area contributed by atoms with Crippen LogP contribution in [-0.4, -0.2) is 23.6 Å². The number of carbonyl (C=O) groups excluding carboxylic acids is 1. The minimum Gasteiger partial charge on any atom is -0.370 e. The van der Waals surface area contributed by atoms with Crippen LogP contribution >= 0.6 is 0 Å². The molecule has 18 heavy (non-hydrogen) atoms. The van der Waals surface area contributed by atoms with Crippen molar-refractivity contribution in [3.05, 3.63) is 35.9 Å². The second-order valence-electron chi connectivity index (χ2n) is 5.47. The van der Waals surface area contributed by atoms with Crippen LogP contribution in [0.3, 0.4) is 0 Å². The normalized spacial score (nSPS) is 38.3. The molecule has 2 bridgehead atoms. The van der Waals surface area contributed by atoms with Gasteiger partial charge in [0.25, 0.3) is 0 Å². The van der Waals surface area contributed by atoms with Gasteiger partial charge >= 0.3 is 0 Å². The summed E-state index contributed by atoms with van der Waals surface area (Å²) in [6.07, 6.45) is 0.468. The first kappa shape index (κ1) is 11.9. The van der Waals surface area contributed by atoms with E-state index in [1.807, 2.05) is 37.3 Å². The van der Waals surface area contributed by atoms with Crippen LogP contribution in [0.2, 0.25) is 0 Å². The third kappa shape index (κ3) is 1.70. The van der Waals surface area contributed by atoms with Crippen LogP contribution in [0.1, 0.15) is 25.8 Å². The summed E-state index contributed by atoms with van der Waals surface area (Å²) in [5.41, 5.74) is 0.405. The Morgan fingerprint density at radius 1 is 1.39 bits per heavy atom. The molecule has 0 N–H and O–H groups in total. The average Bonchev–Trinajstić information content (AvgIpc) is 2.79. The van der Waals surface area contributed by atoms with Crippen LogP contribution in [0.5, 0.6) is 0 Å². The van der Waals surface area contributed by atoms with Gasteiger partial charge in [0.1, 0.15) is 0 Å². The molecule has 1 aromatic carbocycles. The van der Waals surface area contributed by atoms with Crippen LogP contribution in [-0.2, 0) is 20.9 Å². The number of hydrogen-bond acceptors (Lipinski definition) is 3. The second-order valence-corrected chi connectivity index (χ2v) is 5.47. The Morgan fingerprint density at radius 2 is 2.11 bits per heavy atom. The maximum atomic E-state index is 11.9. The fourth-order valence-corrected chi connectivity index (χ4v) is 3.09. The van der Waals surface area contributed by atoms with Gasteiger partial charge < -0.3 is 9.47 Å². The van der Waals surface area contributed by atoms with Gasteiger partial charge in [-0.1, -0.05) is 37.3 Å². The fourth-order valence-electron chi connectivity index (χ4n) is 3.09. The summed E-state index contributed by atoms with van der Waals surface area (Å²) in [6.45, 7) is 4.52. The summed E-state index contributed by atoms with van der Waals surface area (Å²) in [7, 11) is 0. The van der Waals surface area contributed by atoms with Crippen LogP contribution in [0.25, 0.3) is 0 Å². The molecule has 3 rings (SSSR count). The first-order valence-electron chi connectivity index (χ1n) is 6.48. The van der Waals surface area contributed by atoms with Crippen LogP contribution in [0.4, 0.5) is 0 Å². The van der Waals surface area contributed by atoms with Crippen LogP contribution < -0.4 is 0 Å². The molecule has 0 aliphatic carbocycles. The van der Waals surface area contributed by atoms with Gasteiger partial charge in [-0.2, -0.15) is 0 Å². The van der Waals surface area contributed by atoms with Gasteiger partial charge in [-0.3, -0.25) is 4.79 Å². The van der Waals surface area contributed by atoms with E-state index in [2.05, 4.69) is 6.92 Å². The molecule has 0 unspecified atom stereocenters. The van der Waals surface area contributed by atoms with Crippen molar-refractivity contribution < 1.29 is 14.3 Å². The Kier molecular flexibility index (Phi) is 2.76. The molecule has 0 radical (unpaired) electrons. The second kappa shape index (κ2) is 4.18. The largest absolute Gasteiger partial charge is 0.370 e. The predicted octanol–water partition coefficient (Wildman–Crippen LogP) is 2.34. The minimum absolute atomic E-state index is 0.0447. The van der Waals surface area contributed by atoms with E-state index in [0.717, 1.165) is 5.56 Å². The van der Waals surface area contributed by atoms with Crippen molar-refractivity contribution in [3.63, 3.8) is 0 Å². The van der Waals surface area contributed by atoms with Gasteiger partial charge in [0.05, 0.1) is 18.8 Å². The van der Waals surface area contributed by atoms with Crippen molar-refractivity contribution in [2.75, 3.05) is 0 Å². The predicted molar refractivity (Wildman–Crippen MR) is 67.1 cm³/mol. The van der Waals surface area contributed by atoms with E-state index >= 15 is 0 Å². The van der Waals surface area contributed by atoms with Crippen molar-refractivity contribution >= 4 is 5.78 Å². The van der Waals surface area contributed by atoms with Crippen molar-refractivity contribution in [2.24, 2.45) is 5.92 Å². The summed E-state index contributed by atoms with van der Waals surface area (Å²) >= 11 is 0. The number of fused-ring (bicyclic) bond motifs is 2. The first-order chi connectivity index (χ1) is 8.61. The Labute approximate surface area is 107 Å². The lowest BCUT2D eigenvalue weighted by Gasteiger charge is -2.30. The molecule has 96 valence electrons. The van der Waals surface area contributed by atoms with Crippen molar-refractivity contribution in [2.45, 2.75) is 44.7 Å². The molecule has 2 saturated heterocycles. The van der Waals surface area contributed by atoms with Crippen molar-refractivity contribution in [3.8, 4) is 0 Å². The lowest BCUT2D eigenvalue weighted by atomic mass is 9.79.